The second-order valence-corrected chi connectivity index (χ2v) is 12.5. The Kier molecular flexibility index (Phi) is 8.39. The highest BCUT2D eigenvalue weighted by Gasteiger charge is 2.56. The van der Waals surface area contributed by atoms with Gasteiger partial charge >= 0.3 is 4.87 Å². The number of carbonyl (C=O) groups is 3. The van der Waals surface area contributed by atoms with E-state index in [2.05, 4.69) is 10.3 Å². The molecule has 226 valence electrons. The van der Waals surface area contributed by atoms with Crippen molar-refractivity contribution in [1.82, 2.24) is 4.98 Å². The van der Waals surface area contributed by atoms with Crippen LogP contribution < -0.4 is 29.3 Å². The number of thiazole rings is 1. The van der Waals surface area contributed by atoms with Crippen LogP contribution in [0.25, 0.3) is 0 Å². The monoisotopic (exact) mass is 651 g/mol. The second kappa shape index (κ2) is 12.4. The number of ether oxygens (including phenoxy) is 3. The van der Waals surface area contributed by atoms with E-state index in [1.54, 1.807) is 73.8 Å². The molecule has 0 radical (unpaired) electrons. The molecule has 1 aromatic heterocycles. The van der Waals surface area contributed by atoms with E-state index in [0.717, 1.165) is 11.3 Å². The predicted molar refractivity (Wildman–Crippen MR) is 169 cm³/mol. The lowest BCUT2D eigenvalue weighted by atomic mass is 9.83. The van der Waals surface area contributed by atoms with E-state index in [-0.39, 0.29) is 29.2 Å². The van der Waals surface area contributed by atoms with E-state index >= 15 is 0 Å². The zero-order valence-corrected chi connectivity index (χ0v) is 25.9. The summed E-state index contributed by atoms with van der Waals surface area (Å²) in [6, 6.07) is 18.6. The van der Waals surface area contributed by atoms with E-state index in [0.29, 0.717) is 55.7 Å². The SMILES string of the molecule is CCOc1cc([C@H]2c3sc(=O)[nH]c3SC3C(=O)N(c4ccc(Cl)cc4)C(=O)C32)ccc1OCC(=O)Nc1ccc(OC)cc1. The zero-order valence-electron chi connectivity index (χ0n) is 23.5. The lowest BCUT2D eigenvalue weighted by Crippen LogP contribution is -2.32. The molecule has 13 heteroatoms. The average molecular weight is 652 g/mol. The molecular weight excluding hydrogens is 626 g/mol. The Bertz CT molecular complexity index is 1790. The summed E-state index contributed by atoms with van der Waals surface area (Å²) in [6.45, 7) is 1.86. The van der Waals surface area contributed by atoms with Gasteiger partial charge in [0.2, 0.25) is 11.8 Å². The van der Waals surface area contributed by atoms with Crippen molar-refractivity contribution in [3.8, 4) is 17.2 Å². The number of thioether (sulfide) groups is 1. The normalized spacial score (nSPS) is 18.9. The number of anilines is 2. The van der Waals surface area contributed by atoms with Crippen LogP contribution in [0.4, 0.5) is 11.4 Å². The summed E-state index contributed by atoms with van der Waals surface area (Å²) in [5, 5.41) is 3.08. The number of aromatic amines is 1. The first kappa shape index (κ1) is 29.8. The number of H-pyrrole nitrogens is 1. The average Bonchev–Trinajstić information content (AvgIpc) is 3.51. The minimum absolute atomic E-state index is 0.269. The minimum Gasteiger partial charge on any atom is -0.497 e. The number of benzene rings is 3. The van der Waals surface area contributed by atoms with E-state index in [1.165, 1.54) is 16.7 Å². The summed E-state index contributed by atoms with van der Waals surface area (Å²) in [5.41, 5.74) is 1.70. The molecule has 3 heterocycles. The zero-order chi connectivity index (χ0) is 31.0. The third-order valence-corrected chi connectivity index (χ3v) is 9.92. The van der Waals surface area contributed by atoms with Crippen molar-refractivity contribution in [1.29, 1.82) is 0 Å². The van der Waals surface area contributed by atoms with Gasteiger partial charge in [-0.15, -0.1) is 0 Å². The molecule has 4 aromatic rings. The molecule has 2 aliphatic rings. The number of methoxy groups -OCH3 is 1. The van der Waals surface area contributed by atoms with Gasteiger partial charge in [-0.3, -0.25) is 19.2 Å². The van der Waals surface area contributed by atoms with Crippen LogP contribution in [-0.2, 0) is 14.4 Å². The molecule has 2 unspecified atom stereocenters. The van der Waals surface area contributed by atoms with Gasteiger partial charge in [0.15, 0.2) is 18.1 Å². The fourth-order valence-electron chi connectivity index (χ4n) is 5.34. The number of hydrogen-bond donors (Lipinski definition) is 2. The third kappa shape index (κ3) is 5.68. The molecule has 6 rings (SSSR count). The number of nitrogens with zero attached hydrogens (tertiary/aromatic N) is 1. The van der Waals surface area contributed by atoms with Crippen LogP contribution in [-0.4, -0.2) is 48.3 Å². The van der Waals surface area contributed by atoms with Gasteiger partial charge in [0.05, 0.1) is 30.3 Å². The summed E-state index contributed by atoms with van der Waals surface area (Å²) in [7, 11) is 1.56. The number of fused-ring (bicyclic) bond motifs is 2. The molecule has 0 aliphatic carbocycles. The molecular formula is C31H26ClN3O7S2. The maximum atomic E-state index is 13.9. The number of imide groups is 1. The fourth-order valence-corrected chi connectivity index (χ4v) is 7.98. The molecule has 3 aromatic carbocycles. The van der Waals surface area contributed by atoms with Crippen molar-refractivity contribution in [2.45, 2.75) is 23.1 Å². The first-order valence-electron chi connectivity index (χ1n) is 13.6. The summed E-state index contributed by atoms with van der Waals surface area (Å²) in [5.74, 6) is -1.08. The van der Waals surface area contributed by atoms with E-state index in [9.17, 15) is 19.2 Å². The molecule has 3 atom stereocenters. The Morgan fingerprint density at radius 3 is 2.43 bits per heavy atom. The highest BCUT2D eigenvalue weighted by molar-refractivity contribution is 8.00. The van der Waals surface area contributed by atoms with Crippen LogP contribution in [0, 0.1) is 5.92 Å². The van der Waals surface area contributed by atoms with Gasteiger partial charge in [-0.05, 0) is 73.2 Å². The lowest BCUT2D eigenvalue weighted by molar-refractivity contribution is -0.122. The second-order valence-electron chi connectivity index (χ2n) is 9.94. The van der Waals surface area contributed by atoms with Crippen LogP contribution >= 0.6 is 34.7 Å². The smallest absolute Gasteiger partial charge is 0.305 e. The van der Waals surface area contributed by atoms with Crippen molar-refractivity contribution in [3.63, 3.8) is 0 Å². The lowest BCUT2D eigenvalue weighted by Gasteiger charge is -2.30. The van der Waals surface area contributed by atoms with Gasteiger partial charge < -0.3 is 24.5 Å². The summed E-state index contributed by atoms with van der Waals surface area (Å²) >= 11 is 8.27. The van der Waals surface area contributed by atoms with Gasteiger partial charge in [0.1, 0.15) is 11.0 Å². The highest BCUT2D eigenvalue weighted by atomic mass is 35.5. The van der Waals surface area contributed by atoms with Crippen LogP contribution in [0.15, 0.2) is 76.6 Å². The van der Waals surface area contributed by atoms with E-state index in [4.69, 9.17) is 25.8 Å². The minimum atomic E-state index is -0.765. The molecule has 10 nitrogen and oxygen atoms in total. The largest absolute Gasteiger partial charge is 0.497 e. The van der Waals surface area contributed by atoms with Gasteiger partial charge in [0, 0.05) is 21.5 Å². The van der Waals surface area contributed by atoms with Crippen molar-refractivity contribution in [2.75, 3.05) is 30.5 Å². The Labute approximate surface area is 265 Å². The van der Waals surface area contributed by atoms with Crippen molar-refractivity contribution in [2.24, 2.45) is 5.92 Å². The Balaban J connectivity index is 1.29. The van der Waals surface area contributed by atoms with Gasteiger partial charge in [-0.1, -0.05) is 40.8 Å². The summed E-state index contributed by atoms with van der Waals surface area (Å²) < 4.78 is 16.9. The van der Waals surface area contributed by atoms with Crippen LogP contribution in [0.3, 0.4) is 0 Å². The number of amides is 3. The molecule has 0 saturated carbocycles. The molecule has 1 fully saturated rings. The molecule has 2 N–H and O–H groups in total. The third-order valence-electron chi connectivity index (χ3n) is 7.27. The number of nitrogens with one attached hydrogen (secondary N) is 2. The molecule has 3 amide bonds. The highest BCUT2D eigenvalue weighted by Crippen LogP contribution is 2.53. The van der Waals surface area contributed by atoms with E-state index in [1.807, 2.05) is 6.92 Å². The van der Waals surface area contributed by atoms with Gasteiger partial charge in [0.25, 0.3) is 5.91 Å². The molecule has 0 bridgehead atoms. The molecule has 44 heavy (non-hydrogen) atoms. The first-order chi connectivity index (χ1) is 21.3. The standard InChI is InChI=1S/C31H26ClN3O7S2/c1-3-41-22-14-16(4-13-21(22)42-15-23(36)33-18-7-11-20(40-2)12-8-18)24-25-27(43-28-26(24)44-31(39)34-28)30(38)35(29(25)37)19-9-5-17(32)6-10-19/h4-14,24-25,27H,3,15H2,1-2H3,(H,33,36)(H,34,39)/t24-,25?,27?/m1/s1. The van der Waals surface area contributed by atoms with Crippen molar-refractivity contribution >= 4 is 63.8 Å². The van der Waals surface area contributed by atoms with Gasteiger partial charge in [-0.25, -0.2) is 4.90 Å². The maximum absolute atomic E-state index is 13.9. The fraction of sp³-hybridized carbons (Fsp3) is 0.226. The number of hydrogen-bond acceptors (Lipinski definition) is 9. The number of aromatic nitrogens is 1. The Hall–Kier alpha value is -4.26. The van der Waals surface area contributed by atoms with Gasteiger partial charge in [-0.2, -0.15) is 0 Å². The van der Waals surface area contributed by atoms with E-state index < -0.39 is 17.1 Å². The quantitative estimate of drug-likeness (QED) is 0.233. The maximum Gasteiger partial charge on any atom is 0.305 e. The molecule has 1 saturated heterocycles. The summed E-state index contributed by atoms with van der Waals surface area (Å²) in [4.78, 5) is 57.1. The summed E-state index contributed by atoms with van der Waals surface area (Å²) in [6.07, 6.45) is 0. The van der Waals surface area contributed by atoms with Crippen LogP contribution in [0.1, 0.15) is 23.3 Å². The Morgan fingerprint density at radius 1 is 0.977 bits per heavy atom. The Morgan fingerprint density at radius 2 is 1.73 bits per heavy atom. The van der Waals surface area contributed by atoms with Crippen LogP contribution in [0.2, 0.25) is 5.02 Å². The predicted octanol–water partition coefficient (Wildman–Crippen LogP) is 5.31. The molecule has 0 spiro atoms. The first-order valence-corrected chi connectivity index (χ1v) is 15.7. The van der Waals surface area contributed by atoms with Crippen molar-refractivity contribution in [3.05, 3.63) is 91.9 Å². The van der Waals surface area contributed by atoms with Crippen LogP contribution in [0.5, 0.6) is 17.2 Å². The number of halogens is 1. The molecule has 2 aliphatic heterocycles. The number of carbonyl (C=O) groups excluding carboxylic acids is 3. The topological polar surface area (TPSA) is 127 Å². The number of rotatable bonds is 9. The van der Waals surface area contributed by atoms with Crippen molar-refractivity contribution < 1.29 is 28.6 Å².